The minimum absolute atomic E-state index is 0.267. The van der Waals surface area contributed by atoms with E-state index in [2.05, 4.69) is 28.6 Å². The Kier molecular flexibility index (Phi) is 4.96. The van der Waals surface area contributed by atoms with Gasteiger partial charge >= 0.3 is 0 Å². The number of benzene rings is 1. The Hall–Kier alpha value is -1.79. The molecule has 1 aromatic heterocycles. The quantitative estimate of drug-likeness (QED) is 0.870. The van der Waals surface area contributed by atoms with Gasteiger partial charge in [0.2, 0.25) is 0 Å². The summed E-state index contributed by atoms with van der Waals surface area (Å²) in [5, 5.41) is 17.6. The first kappa shape index (κ1) is 17.0. The first-order chi connectivity index (χ1) is 11.5. The van der Waals surface area contributed by atoms with Gasteiger partial charge in [0.05, 0.1) is 12.2 Å². The van der Waals surface area contributed by atoms with E-state index < -0.39 is 5.60 Å². The van der Waals surface area contributed by atoms with Crippen LogP contribution in [-0.2, 0) is 17.9 Å². The van der Waals surface area contributed by atoms with Crippen LogP contribution in [0.1, 0.15) is 28.9 Å². The van der Waals surface area contributed by atoms with E-state index in [9.17, 15) is 9.90 Å². The second-order valence-corrected chi connectivity index (χ2v) is 7.53. The second kappa shape index (κ2) is 6.99. The lowest BCUT2D eigenvalue weighted by Gasteiger charge is -2.20. The summed E-state index contributed by atoms with van der Waals surface area (Å²) in [7, 11) is 0. The molecule has 5 nitrogen and oxygen atoms in total. The number of aryl methyl sites for hydroxylation is 2. The van der Waals surface area contributed by atoms with E-state index in [-0.39, 0.29) is 5.91 Å². The van der Waals surface area contributed by atoms with Crippen molar-refractivity contribution in [2.75, 3.05) is 11.5 Å². The van der Waals surface area contributed by atoms with Crippen molar-refractivity contribution in [2.45, 2.75) is 39.0 Å². The molecular formula is C18H23N3O2S. The molecule has 1 saturated heterocycles. The van der Waals surface area contributed by atoms with E-state index in [1.807, 2.05) is 30.7 Å². The van der Waals surface area contributed by atoms with Crippen LogP contribution >= 0.6 is 11.8 Å². The fourth-order valence-corrected chi connectivity index (χ4v) is 4.17. The molecule has 6 heteroatoms. The number of hydrogen-bond acceptors (Lipinski definition) is 4. The van der Waals surface area contributed by atoms with Crippen molar-refractivity contribution in [1.29, 1.82) is 0 Å². The molecule has 0 spiro atoms. The van der Waals surface area contributed by atoms with E-state index in [1.165, 1.54) is 0 Å². The van der Waals surface area contributed by atoms with Gasteiger partial charge in [-0.2, -0.15) is 16.9 Å². The molecule has 2 aromatic rings. The molecule has 1 atom stereocenters. The van der Waals surface area contributed by atoms with Crippen LogP contribution in [0.15, 0.2) is 30.3 Å². The van der Waals surface area contributed by atoms with Gasteiger partial charge in [-0.05, 0) is 43.2 Å². The van der Waals surface area contributed by atoms with Crippen LogP contribution in [0.5, 0.6) is 0 Å². The molecule has 1 unspecified atom stereocenters. The van der Waals surface area contributed by atoms with Gasteiger partial charge in [0, 0.05) is 18.0 Å². The SMILES string of the molecule is Cc1cc(C)n(Cc2cccc(CNC(=O)C3(O)CCSC3)c2)n1. The number of aromatic nitrogens is 2. The highest BCUT2D eigenvalue weighted by Gasteiger charge is 2.39. The molecule has 24 heavy (non-hydrogen) atoms. The monoisotopic (exact) mass is 345 g/mol. The van der Waals surface area contributed by atoms with Crippen LogP contribution in [0, 0.1) is 13.8 Å². The highest BCUT2D eigenvalue weighted by Crippen LogP contribution is 2.27. The van der Waals surface area contributed by atoms with E-state index in [1.54, 1.807) is 11.8 Å². The zero-order valence-corrected chi connectivity index (χ0v) is 14.9. The number of amides is 1. The van der Waals surface area contributed by atoms with E-state index >= 15 is 0 Å². The minimum Gasteiger partial charge on any atom is -0.379 e. The standard InChI is InChI=1S/C18H23N3O2S/c1-13-8-14(2)21(20-13)11-16-5-3-4-15(9-16)10-19-17(22)18(23)6-7-24-12-18/h3-5,8-9,23H,6-7,10-12H2,1-2H3,(H,19,22). The maximum Gasteiger partial charge on any atom is 0.253 e. The molecule has 0 radical (unpaired) electrons. The summed E-state index contributed by atoms with van der Waals surface area (Å²) in [6, 6.07) is 10.2. The van der Waals surface area contributed by atoms with E-state index in [4.69, 9.17) is 0 Å². The van der Waals surface area contributed by atoms with Crippen LogP contribution in [0.4, 0.5) is 0 Å². The third-order valence-corrected chi connectivity index (χ3v) is 5.48. The molecular weight excluding hydrogens is 322 g/mol. The Morgan fingerprint density at radius 3 is 2.83 bits per heavy atom. The molecule has 2 N–H and O–H groups in total. The Labute approximate surface area is 146 Å². The third-order valence-electron chi connectivity index (χ3n) is 4.30. The summed E-state index contributed by atoms with van der Waals surface area (Å²) in [4.78, 5) is 12.2. The van der Waals surface area contributed by atoms with Gasteiger partial charge in [-0.15, -0.1) is 0 Å². The molecule has 0 bridgehead atoms. The molecule has 1 aliphatic heterocycles. The largest absolute Gasteiger partial charge is 0.379 e. The lowest BCUT2D eigenvalue weighted by atomic mass is 10.0. The molecule has 128 valence electrons. The number of rotatable bonds is 5. The third kappa shape index (κ3) is 3.82. The summed E-state index contributed by atoms with van der Waals surface area (Å²) < 4.78 is 1.98. The van der Waals surface area contributed by atoms with E-state index in [0.717, 1.165) is 28.3 Å². The number of aliphatic hydroxyl groups is 1. The molecule has 3 rings (SSSR count). The van der Waals surface area contributed by atoms with Crippen LogP contribution < -0.4 is 5.32 Å². The fraction of sp³-hybridized carbons (Fsp3) is 0.444. The highest BCUT2D eigenvalue weighted by atomic mass is 32.2. The van der Waals surface area contributed by atoms with Gasteiger partial charge in [-0.25, -0.2) is 0 Å². The fourth-order valence-electron chi connectivity index (χ4n) is 2.93. The maximum absolute atomic E-state index is 12.2. The van der Waals surface area contributed by atoms with Crippen LogP contribution in [0.3, 0.4) is 0 Å². The van der Waals surface area contributed by atoms with Gasteiger partial charge in [0.15, 0.2) is 5.60 Å². The van der Waals surface area contributed by atoms with Crippen molar-refractivity contribution >= 4 is 17.7 Å². The first-order valence-electron chi connectivity index (χ1n) is 8.14. The number of nitrogens with zero attached hydrogens (tertiary/aromatic N) is 2. The van der Waals surface area contributed by atoms with Crippen molar-refractivity contribution in [3.63, 3.8) is 0 Å². The summed E-state index contributed by atoms with van der Waals surface area (Å²) >= 11 is 1.62. The Balaban J connectivity index is 1.63. The Bertz CT molecular complexity index is 736. The summed E-state index contributed by atoms with van der Waals surface area (Å²) in [5.74, 6) is 1.05. The second-order valence-electron chi connectivity index (χ2n) is 6.42. The number of hydrogen-bond donors (Lipinski definition) is 2. The maximum atomic E-state index is 12.2. The van der Waals surface area contributed by atoms with Gasteiger partial charge < -0.3 is 10.4 Å². The molecule has 0 aliphatic carbocycles. The number of carbonyl (C=O) groups excluding carboxylic acids is 1. The van der Waals surface area contributed by atoms with Crippen molar-refractivity contribution in [3.8, 4) is 0 Å². The van der Waals surface area contributed by atoms with Crippen LogP contribution in [-0.4, -0.2) is 37.9 Å². The van der Waals surface area contributed by atoms with Crippen molar-refractivity contribution in [3.05, 3.63) is 52.8 Å². The van der Waals surface area contributed by atoms with Crippen LogP contribution in [0.2, 0.25) is 0 Å². The van der Waals surface area contributed by atoms with Gasteiger partial charge in [-0.1, -0.05) is 24.3 Å². The molecule has 1 aromatic carbocycles. The summed E-state index contributed by atoms with van der Waals surface area (Å²) in [6.45, 7) is 5.17. The van der Waals surface area contributed by atoms with Gasteiger partial charge in [0.25, 0.3) is 5.91 Å². The minimum atomic E-state index is -1.20. The summed E-state index contributed by atoms with van der Waals surface area (Å²) in [6.07, 6.45) is 0.529. The topological polar surface area (TPSA) is 67.2 Å². The Morgan fingerprint density at radius 2 is 2.17 bits per heavy atom. The molecule has 2 heterocycles. The van der Waals surface area contributed by atoms with Gasteiger partial charge in [0.1, 0.15) is 0 Å². The molecule has 1 amide bonds. The highest BCUT2D eigenvalue weighted by molar-refractivity contribution is 7.99. The first-order valence-corrected chi connectivity index (χ1v) is 9.29. The molecule has 1 fully saturated rings. The zero-order chi connectivity index (χ0) is 17.2. The normalized spacial score (nSPS) is 20.3. The predicted octanol–water partition coefficient (Wildman–Crippen LogP) is 2.03. The lowest BCUT2D eigenvalue weighted by molar-refractivity contribution is -0.137. The predicted molar refractivity (Wildman–Crippen MR) is 96.0 cm³/mol. The smallest absolute Gasteiger partial charge is 0.253 e. The van der Waals surface area contributed by atoms with Crippen molar-refractivity contribution < 1.29 is 9.90 Å². The zero-order valence-electron chi connectivity index (χ0n) is 14.1. The van der Waals surface area contributed by atoms with Crippen molar-refractivity contribution in [1.82, 2.24) is 15.1 Å². The average Bonchev–Trinajstić information content (AvgIpc) is 3.12. The lowest BCUT2D eigenvalue weighted by Crippen LogP contribution is -2.46. The molecule has 1 aliphatic rings. The van der Waals surface area contributed by atoms with Crippen LogP contribution in [0.25, 0.3) is 0 Å². The Morgan fingerprint density at radius 1 is 1.38 bits per heavy atom. The van der Waals surface area contributed by atoms with E-state index in [0.29, 0.717) is 25.3 Å². The number of thioether (sulfide) groups is 1. The average molecular weight is 345 g/mol. The number of carbonyl (C=O) groups is 1. The van der Waals surface area contributed by atoms with Gasteiger partial charge in [-0.3, -0.25) is 9.48 Å². The van der Waals surface area contributed by atoms with Crippen molar-refractivity contribution in [2.24, 2.45) is 0 Å². The molecule has 0 saturated carbocycles. The number of nitrogens with one attached hydrogen (secondary N) is 1. The summed E-state index contributed by atoms with van der Waals surface area (Å²) in [5.41, 5.74) is 3.11.